The number of piperidine rings is 1. The lowest BCUT2D eigenvalue weighted by Crippen LogP contribution is -2.40. The van der Waals surface area contributed by atoms with Gasteiger partial charge >= 0.3 is 7.12 Å². The summed E-state index contributed by atoms with van der Waals surface area (Å²) in [4.78, 5) is 14.2. The summed E-state index contributed by atoms with van der Waals surface area (Å²) in [5.74, 6) is 0.349. The van der Waals surface area contributed by atoms with Crippen molar-refractivity contribution in [1.29, 1.82) is 0 Å². The van der Waals surface area contributed by atoms with Gasteiger partial charge in [-0.15, -0.1) is 0 Å². The Bertz CT molecular complexity index is 481. The van der Waals surface area contributed by atoms with Crippen LogP contribution >= 0.6 is 11.6 Å². The van der Waals surface area contributed by atoms with Gasteiger partial charge in [0.25, 0.3) is 5.91 Å². The molecule has 1 heterocycles. The topological polar surface area (TPSA) is 60.8 Å². The third-order valence-corrected chi connectivity index (χ3v) is 3.79. The second-order valence-electron chi connectivity index (χ2n) is 5.11. The fourth-order valence-electron chi connectivity index (χ4n) is 2.41. The molecule has 1 atom stereocenters. The van der Waals surface area contributed by atoms with Gasteiger partial charge in [0.2, 0.25) is 0 Å². The molecule has 1 aliphatic rings. The van der Waals surface area contributed by atoms with E-state index >= 15 is 0 Å². The van der Waals surface area contributed by atoms with E-state index in [-0.39, 0.29) is 11.4 Å². The molecule has 0 spiro atoms. The van der Waals surface area contributed by atoms with Crippen LogP contribution in [0.25, 0.3) is 0 Å². The molecule has 0 aromatic heterocycles. The summed E-state index contributed by atoms with van der Waals surface area (Å²) in [6, 6.07) is 4.48. The van der Waals surface area contributed by atoms with Gasteiger partial charge in [-0.25, -0.2) is 0 Å². The Morgan fingerprint density at radius 2 is 2.21 bits per heavy atom. The van der Waals surface area contributed by atoms with E-state index in [9.17, 15) is 4.79 Å². The second-order valence-corrected chi connectivity index (χ2v) is 5.52. The molecular weight excluding hydrogens is 264 g/mol. The number of hydrogen-bond acceptors (Lipinski definition) is 3. The number of hydrogen-bond donors (Lipinski definition) is 2. The molecule has 0 radical (unpaired) electrons. The lowest BCUT2D eigenvalue weighted by molar-refractivity contribution is 0.0683. The Morgan fingerprint density at radius 3 is 2.84 bits per heavy atom. The molecule has 1 amide bonds. The van der Waals surface area contributed by atoms with Crippen LogP contribution in [0.3, 0.4) is 0 Å². The summed E-state index contributed by atoms with van der Waals surface area (Å²) in [5.41, 5.74) is 0.610. The van der Waals surface area contributed by atoms with Crippen LogP contribution < -0.4 is 5.46 Å². The van der Waals surface area contributed by atoms with Gasteiger partial charge < -0.3 is 14.9 Å². The zero-order valence-electron chi connectivity index (χ0n) is 10.8. The Balaban J connectivity index is 2.24. The first-order valence-corrected chi connectivity index (χ1v) is 6.81. The SMILES string of the molecule is C[C@@H]1CCCN(C(=O)c2cc(B(O)O)ccc2Cl)C1. The Kier molecular flexibility index (Phi) is 4.50. The van der Waals surface area contributed by atoms with Crippen molar-refractivity contribution in [2.24, 2.45) is 5.92 Å². The van der Waals surface area contributed by atoms with E-state index in [4.69, 9.17) is 21.6 Å². The molecule has 2 rings (SSSR count). The summed E-state index contributed by atoms with van der Waals surface area (Å²) in [6.07, 6.45) is 2.12. The van der Waals surface area contributed by atoms with Crippen LogP contribution in [0.5, 0.6) is 0 Å². The summed E-state index contributed by atoms with van der Waals surface area (Å²) in [6.45, 7) is 3.57. The van der Waals surface area contributed by atoms with E-state index in [0.717, 1.165) is 25.9 Å². The monoisotopic (exact) mass is 281 g/mol. The molecule has 1 saturated heterocycles. The van der Waals surface area contributed by atoms with Crippen LogP contribution in [-0.2, 0) is 0 Å². The van der Waals surface area contributed by atoms with Crippen molar-refractivity contribution >= 4 is 30.1 Å². The molecule has 2 N–H and O–H groups in total. The third kappa shape index (κ3) is 3.29. The van der Waals surface area contributed by atoms with Crippen molar-refractivity contribution in [1.82, 2.24) is 4.90 Å². The number of rotatable bonds is 2. The van der Waals surface area contributed by atoms with Gasteiger partial charge in [0.05, 0.1) is 10.6 Å². The van der Waals surface area contributed by atoms with Crippen LogP contribution in [0.2, 0.25) is 5.02 Å². The molecule has 1 aromatic carbocycles. The number of nitrogens with zero attached hydrogens (tertiary/aromatic N) is 1. The molecule has 6 heteroatoms. The maximum atomic E-state index is 12.4. The molecule has 0 bridgehead atoms. The number of carbonyl (C=O) groups excluding carboxylic acids is 1. The van der Waals surface area contributed by atoms with Crippen molar-refractivity contribution < 1.29 is 14.8 Å². The predicted molar refractivity (Wildman–Crippen MR) is 75.6 cm³/mol. The van der Waals surface area contributed by atoms with Crippen LogP contribution in [-0.4, -0.2) is 41.1 Å². The lowest BCUT2D eigenvalue weighted by atomic mass is 9.79. The van der Waals surface area contributed by atoms with Crippen molar-refractivity contribution in [3.63, 3.8) is 0 Å². The summed E-state index contributed by atoms with van der Waals surface area (Å²) < 4.78 is 0. The number of likely N-dealkylation sites (tertiary alicyclic amines) is 1. The van der Waals surface area contributed by atoms with Crippen molar-refractivity contribution in [2.45, 2.75) is 19.8 Å². The highest BCUT2D eigenvalue weighted by atomic mass is 35.5. The van der Waals surface area contributed by atoms with Gasteiger partial charge in [-0.2, -0.15) is 0 Å². The van der Waals surface area contributed by atoms with E-state index in [2.05, 4.69) is 6.92 Å². The molecule has 4 nitrogen and oxygen atoms in total. The van der Waals surface area contributed by atoms with Crippen LogP contribution in [0.4, 0.5) is 0 Å². The smallest absolute Gasteiger partial charge is 0.423 e. The summed E-state index contributed by atoms with van der Waals surface area (Å²) >= 11 is 6.04. The molecule has 1 aliphatic heterocycles. The minimum absolute atomic E-state index is 0.140. The molecule has 102 valence electrons. The highest BCUT2D eigenvalue weighted by Crippen LogP contribution is 2.21. The molecule has 1 aromatic rings. The second kappa shape index (κ2) is 5.95. The molecule has 0 unspecified atom stereocenters. The summed E-state index contributed by atoms with van der Waals surface area (Å²) in [7, 11) is -1.59. The number of amides is 1. The number of halogens is 1. The average Bonchev–Trinajstić information content (AvgIpc) is 2.38. The fourth-order valence-corrected chi connectivity index (χ4v) is 2.61. The lowest BCUT2D eigenvalue weighted by Gasteiger charge is -2.31. The molecule has 0 aliphatic carbocycles. The van der Waals surface area contributed by atoms with E-state index in [1.165, 1.54) is 18.2 Å². The van der Waals surface area contributed by atoms with Crippen LogP contribution in [0.15, 0.2) is 18.2 Å². The highest BCUT2D eigenvalue weighted by molar-refractivity contribution is 6.58. The number of carbonyl (C=O) groups is 1. The normalized spacial score (nSPS) is 19.4. The van der Waals surface area contributed by atoms with Crippen LogP contribution in [0, 0.1) is 5.92 Å². The minimum atomic E-state index is -1.59. The zero-order valence-corrected chi connectivity index (χ0v) is 11.6. The number of benzene rings is 1. The zero-order chi connectivity index (χ0) is 14.0. The minimum Gasteiger partial charge on any atom is -0.423 e. The average molecular weight is 282 g/mol. The van der Waals surface area contributed by atoms with E-state index in [0.29, 0.717) is 16.5 Å². The van der Waals surface area contributed by atoms with Gasteiger partial charge in [-0.05, 0) is 36.4 Å². The van der Waals surface area contributed by atoms with Gasteiger partial charge in [0.15, 0.2) is 0 Å². The molecule has 1 fully saturated rings. The maximum Gasteiger partial charge on any atom is 0.488 e. The summed E-state index contributed by atoms with van der Waals surface area (Å²) in [5, 5.41) is 18.7. The van der Waals surface area contributed by atoms with Gasteiger partial charge in [0.1, 0.15) is 0 Å². The van der Waals surface area contributed by atoms with Crippen molar-refractivity contribution in [2.75, 3.05) is 13.1 Å². The highest BCUT2D eigenvalue weighted by Gasteiger charge is 2.24. The van der Waals surface area contributed by atoms with E-state index in [1.807, 2.05) is 0 Å². The largest absolute Gasteiger partial charge is 0.488 e. The first kappa shape index (κ1) is 14.4. The Labute approximate surface area is 118 Å². The van der Waals surface area contributed by atoms with Gasteiger partial charge in [-0.1, -0.05) is 24.6 Å². The first-order chi connectivity index (χ1) is 8.99. The van der Waals surface area contributed by atoms with Gasteiger partial charge in [0, 0.05) is 13.1 Å². The van der Waals surface area contributed by atoms with Crippen molar-refractivity contribution in [3.8, 4) is 0 Å². The molecule has 19 heavy (non-hydrogen) atoms. The predicted octanol–water partition coefficient (Wildman–Crippen LogP) is 0.892. The Morgan fingerprint density at radius 1 is 1.47 bits per heavy atom. The van der Waals surface area contributed by atoms with Gasteiger partial charge in [-0.3, -0.25) is 4.79 Å². The fraction of sp³-hybridized carbons (Fsp3) is 0.462. The quantitative estimate of drug-likeness (QED) is 0.792. The molecule has 0 saturated carbocycles. The molecular formula is C13H17BClNO3. The first-order valence-electron chi connectivity index (χ1n) is 6.44. The van der Waals surface area contributed by atoms with Crippen LogP contribution in [0.1, 0.15) is 30.1 Å². The van der Waals surface area contributed by atoms with E-state index in [1.54, 1.807) is 4.90 Å². The Hall–Kier alpha value is -1.04. The standard InChI is InChI=1S/C13H17BClNO3/c1-9-3-2-6-16(8-9)13(17)11-7-10(14(18)19)4-5-12(11)15/h4-5,7,9,18-19H,2-3,6,8H2,1H3/t9-/m1/s1. The maximum absolute atomic E-state index is 12.4. The van der Waals surface area contributed by atoms with E-state index < -0.39 is 7.12 Å². The van der Waals surface area contributed by atoms with Crippen molar-refractivity contribution in [3.05, 3.63) is 28.8 Å². The third-order valence-electron chi connectivity index (χ3n) is 3.46.